The van der Waals surface area contributed by atoms with Gasteiger partial charge < -0.3 is 15.4 Å². The van der Waals surface area contributed by atoms with Gasteiger partial charge in [-0.15, -0.1) is 12.4 Å². The smallest absolute Gasteiger partial charge is 0.261 e. The number of methoxy groups -OCH3 is 1. The molecule has 3 rings (SSSR count). The summed E-state index contributed by atoms with van der Waals surface area (Å²) >= 11 is 0. The van der Waals surface area contributed by atoms with Crippen LogP contribution in [0.5, 0.6) is 0 Å². The summed E-state index contributed by atoms with van der Waals surface area (Å²) in [7, 11) is 1.64. The maximum atomic E-state index is 12.8. The Bertz CT molecular complexity index is 837. The Balaban J connectivity index is 0.00000300. The molecule has 29 heavy (non-hydrogen) atoms. The quantitative estimate of drug-likeness (QED) is 0.454. The first-order chi connectivity index (χ1) is 13.6. The monoisotopic (exact) mass is 419 g/mol. The molecule has 2 aromatic rings. The Morgan fingerprint density at radius 1 is 1.00 bits per heavy atom. The average molecular weight is 420 g/mol. The minimum atomic E-state index is -0.294. The molecule has 0 saturated heterocycles. The number of imide groups is 1. The number of carbonyl (C=O) groups excluding carboxylic acids is 3. The van der Waals surface area contributed by atoms with E-state index in [-0.39, 0.29) is 43.1 Å². The molecule has 156 valence electrons. The van der Waals surface area contributed by atoms with E-state index in [0.29, 0.717) is 37.2 Å². The molecular weight excluding hydrogens is 394 g/mol. The second kappa shape index (κ2) is 10.9. The van der Waals surface area contributed by atoms with Crippen molar-refractivity contribution in [2.45, 2.75) is 12.8 Å². The first-order valence-electron chi connectivity index (χ1n) is 9.47. The number of nitrogens with one attached hydrogen (secondary N) is 2. The largest absolute Gasteiger partial charge is 0.383 e. The van der Waals surface area contributed by atoms with Crippen LogP contribution in [-0.2, 0) is 9.53 Å². The molecule has 2 N–H and O–H groups in total. The van der Waals surface area contributed by atoms with Crippen LogP contribution in [0, 0.1) is 0 Å². The van der Waals surface area contributed by atoms with E-state index >= 15 is 0 Å². The van der Waals surface area contributed by atoms with Gasteiger partial charge in [0.1, 0.15) is 0 Å². The highest BCUT2D eigenvalue weighted by molar-refractivity contribution is 6.25. The molecule has 0 unspecified atom stereocenters. The Morgan fingerprint density at radius 3 is 2.28 bits per heavy atom. The van der Waals surface area contributed by atoms with Crippen LogP contribution < -0.4 is 10.6 Å². The molecule has 3 amide bonds. The van der Waals surface area contributed by atoms with Crippen molar-refractivity contribution in [3.05, 3.63) is 47.5 Å². The second-order valence-corrected chi connectivity index (χ2v) is 6.67. The van der Waals surface area contributed by atoms with Crippen LogP contribution in [0.4, 0.5) is 0 Å². The number of hydrogen-bond donors (Lipinski definition) is 2. The van der Waals surface area contributed by atoms with E-state index < -0.39 is 0 Å². The van der Waals surface area contributed by atoms with Gasteiger partial charge >= 0.3 is 0 Å². The second-order valence-electron chi connectivity index (χ2n) is 6.67. The molecule has 0 aromatic heterocycles. The van der Waals surface area contributed by atoms with Gasteiger partial charge in [-0.2, -0.15) is 0 Å². The zero-order valence-electron chi connectivity index (χ0n) is 16.4. The first-order valence-corrected chi connectivity index (χ1v) is 9.47. The van der Waals surface area contributed by atoms with Gasteiger partial charge in [0.25, 0.3) is 11.8 Å². The Kier molecular flexibility index (Phi) is 8.57. The van der Waals surface area contributed by atoms with Gasteiger partial charge in [0.15, 0.2) is 0 Å². The van der Waals surface area contributed by atoms with Gasteiger partial charge in [-0.25, -0.2) is 0 Å². The molecule has 1 heterocycles. The van der Waals surface area contributed by atoms with Crippen molar-refractivity contribution in [2.24, 2.45) is 0 Å². The van der Waals surface area contributed by atoms with E-state index in [4.69, 9.17) is 4.74 Å². The fourth-order valence-corrected chi connectivity index (χ4v) is 3.36. The summed E-state index contributed by atoms with van der Waals surface area (Å²) in [6, 6.07) is 10.9. The van der Waals surface area contributed by atoms with Gasteiger partial charge in [-0.05, 0) is 23.9 Å². The van der Waals surface area contributed by atoms with Crippen molar-refractivity contribution >= 4 is 40.9 Å². The van der Waals surface area contributed by atoms with Crippen LogP contribution in [0.2, 0.25) is 0 Å². The maximum absolute atomic E-state index is 12.8. The fraction of sp³-hybridized carbons (Fsp3) is 0.381. The highest BCUT2D eigenvalue weighted by Gasteiger charge is 2.32. The third-order valence-corrected chi connectivity index (χ3v) is 4.75. The predicted molar refractivity (Wildman–Crippen MR) is 114 cm³/mol. The van der Waals surface area contributed by atoms with Crippen molar-refractivity contribution in [3.63, 3.8) is 0 Å². The molecule has 1 aliphatic heterocycles. The van der Waals surface area contributed by atoms with Gasteiger partial charge in [-0.1, -0.05) is 24.3 Å². The summed E-state index contributed by atoms with van der Waals surface area (Å²) in [6.45, 7) is 2.78. The summed E-state index contributed by atoms with van der Waals surface area (Å²) < 4.78 is 4.93. The Hall–Kier alpha value is -2.48. The number of carbonyl (C=O) groups is 3. The number of rotatable bonds is 10. The maximum Gasteiger partial charge on any atom is 0.261 e. The molecule has 1 aliphatic rings. The molecule has 0 spiro atoms. The third-order valence-electron chi connectivity index (χ3n) is 4.75. The first kappa shape index (κ1) is 22.8. The summed E-state index contributed by atoms with van der Waals surface area (Å²) in [6.07, 6.45) is 0.694. The highest BCUT2D eigenvalue weighted by Crippen LogP contribution is 2.29. The predicted octanol–water partition coefficient (Wildman–Crippen LogP) is 1.99. The number of nitrogens with zero attached hydrogens (tertiary/aromatic N) is 1. The van der Waals surface area contributed by atoms with Gasteiger partial charge in [-0.3, -0.25) is 19.3 Å². The third kappa shape index (κ3) is 5.32. The molecule has 2 aromatic carbocycles. The van der Waals surface area contributed by atoms with Crippen molar-refractivity contribution in [1.82, 2.24) is 15.5 Å². The van der Waals surface area contributed by atoms with Crippen molar-refractivity contribution in [2.75, 3.05) is 39.9 Å². The van der Waals surface area contributed by atoms with Crippen LogP contribution in [0.15, 0.2) is 36.4 Å². The lowest BCUT2D eigenvalue weighted by Crippen LogP contribution is -2.41. The molecule has 0 fully saturated rings. The zero-order chi connectivity index (χ0) is 19.9. The molecule has 0 radical (unpaired) electrons. The molecule has 0 aliphatic carbocycles. The van der Waals surface area contributed by atoms with Crippen LogP contribution >= 0.6 is 12.4 Å². The van der Waals surface area contributed by atoms with Crippen molar-refractivity contribution < 1.29 is 19.1 Å². The van der Waals surface area contributed by atoms with Crippen LogP contribution in [0.3, 0.4) is 0 Å². The normalized spacial score (nSPS) is 12.8. The van der Waals surface area contributed by atoms with E-state index in [2.05, 4.69) is 10.6 Å². The number of ether oxygens (including phenoxy) is 1. The van der Waals surface area contributed by atoms with Gasteiger partial charge in [0.2, 0.25) is 5.91 Å². The fourth-order valence-electron chi connectivity index (χ4n) is 3.36. The molecule has 0 saturated carbocycles. The summed E-state index contributed by atoms with van der Waals surface area (Å²) in [5, 5.41) is 7.57. The lowest BCUT2D eigenvalue weighted by Gasteiger charge is -2.27. The number of hydrogen-bond acceptors (Lipinski definition) is 5. The molecule has 0 bridgehead atoms. The lowest BCUT2D eigenvalue weighted by atomic mass is 9.94. The van der Waals surface area contributed by atoms with Crippen LogP contribution in [-0.4, -0.2) is 62.5 Å². The standard InChI is InChI=1S/C21H25N3O4.ClH/c1-28-14-12-22-10-11-23-18(25)9-4-13-24-20(26)16-7-2-5-15-6-3-8-17(19(15)16)21(24)27;/h2-3,5-8,22H,4,9-14H2,1H3,(H,23,25);1H. The SMILES string of the molecule is COCCNCCNC(=O)CCCN1C(=O)c2cccc3cccc(c23)C1=O.Cl. The van der Waals surface area contributed by atoms with E-state index in [1.54, 1.807) is 19.2 Å². The minimum absolute atomic E-state index is 0. The van der Waals surface area contributed by atoms with E-state index in [1.165, 1.54) is 4.90 Å². The number of benzene rings is 2. The topological polar surface area (TPSA) is 87.7 Å². The van der Waals surface area contributed by atoms with E-state index in [1.807, 2.05) is 24.3 Å². The Morgan fingerprint density at radius 2 is 1.66 bits per heavy atom. The van der Waals surface area contributed by atoms with Crippen molar-refractivity contribution in [3.8, 4) is 0 Å². The molecule has 8 heteroatoms. The molecular formula is C21H26ClN3O4. The van der Waals surface area contributed by atoms with Crippen molar-refractivity contribution in [1.29, 1.82) is 0 Å². The Labute approximate surface area is 176 Å². The zero-order valence-corrected chi connectivity index (χ0v) is 17.2. The minimum Gasteiger partial charge on any atom is -0.383 e. The van der Waals surface area contributed by atoms with Crippen LogP contribution in [0.25, 0.3) is 10.8 Å². The summed E-state index contributed by atoms with van der Waals surface area (Å²) in [4.78, 5) is 38.7. The number of halogens is 1. The van der Waals surface area contributed by atoms with E-state index in [9.17, 15) is 14.4 Å². The van der Waals surface area contributed by atoms with Crippen LogP contribution in [0.1, 0.15) is 33.6 Å². The van der Waals surface area contributed by atoms with Gasteiger partial charge in [0.05, 0.1) is 6.61 Å². The summed E-state index contributed by atoms with van der Waals surface area (Å²) in [5.41, 5.74) is 1.08. The average Bonchev–Trinajstić information content (AvgIpc) is 2.71. The molecule has 7 nitrogen and oxygen atoms in total. The summed E-state index contributed by atoms with van der Waals surface area (Å²) in [5.74, 6) is -0.679. The lowest BCUT2D eigenvalue weighted by molar-refractivity contribution is -0.121. The highest BCUT2D eigenvalue weighted by atomic mass is 35.5. The van der Waals surface area contributed by atoms with E-state index in [0.717, 1.165) is 17.3 Å². The van der Waals surface area contributed by atoms with Gasteiger partial charge in [0, 0.05) is 56.2 Å². The molecule has 0 atom stereocenters. The number of amides is 3.